The Hall–Kier alpha value is -4.09. The van der Waals surface area contributed by atoms with E-state index in [9.17, 15) is 5.11 Å². The Balaban J connectivity index is 1.77. The largest absolute Gasteiger partial charge is 0.481 e. The minimum Gasteiger partial charge on any atom is -0.481 e. The zero-order valence-electron chi connectivity index (χ0n) is 18.6. The molecule has 0 saturated carbocycles. The number of aliphatic hydroxyl groups is 1. The molecule has 33 heavy (non-hydrogen) atoms. The van der Waals surface area contributed by atoms with Crippen molar-refractivity contribution < 1.29 is 9.84 Å². The average molecular weight is 443 g/mol. The fourth-order valence-electron chi connectivity index (χ4n) is 3.71. The summed E-state index contributed by atoms with van der Waals surface area (Å²) < 4.78 is 5.64. The summed E-state index contributed by atoms with van der Waals surface area (Å²) in [7, 11) is 0. The predicted octanol–water partition coefficient (Wildman–Crippen LogP) is 2.91. The van der Waals surface area contributed by atoms with E-state index in [2.05, 4.69) is 46.9 Å². The van der Waals surface area contributed by atoms with Crippen molar-refractivity contribution in [3.63, 3.8) is 0 Å². The number of terminal acetylenes is 1. The molecule has 1 unspecified atom stereocenters. The Labute approximate surface area is 193 Å². The van der Waals surface area contributed by atoms with Crippen LogP contribution >= 0.6 is 0 Å². The lowest BCUT2D eigenvalue weighted by atomic mass is 9.95. The number of ether oxygens (including phenoxy) is 1. The highest BCUT2D eigenvalue weighted by Gasteiger charge is 2.28. The van der Waals surface area contributed by atoms with Gasteiger partial charge in [0.15, 0.2) is 0 Å². The standard InChI is InChI=1S/C25H26N6O2/c1-4-11-33-19-9-10-21-20(12-19)22(17-7-5-16(6-8-17)15(2)3)29-25(32)31(21)14-18-13-28-24(27)30-23(18)26/h1,5-10,12-13,15,25,32H,11,14H2,2-3H3,(H4,26,27,28,30). The van der Waals surface area contributed by atoms with Gasteiger partial charge in [-0.05, 0) is 29.7 Å². The maximum absolute atomic E-state index is 11.0. The minimum atomic E-state index is -1.13. The molecule has 1 aliphatic heterocycles. The third-order valence-corrected chi connectivity index (χ3v) is 5.49. The molecule has 0 amide bonds. The Bertz CT molecular complexity index is 1230. The van der Waals surface area contributed by atoms with E-state index >= 15 is 0 Å². The van der Waals surface area contributed by atoms with Gasteiger partial charge >= 0.3 is 0 Å². The Morgan fingerprint density at radius 2 is 1.94 bits per heavy atom. The molecule has 2 aromatic carbocycles. The van der Waals surface area contributed by atoms with E-state index in [1.54, 1.807) is 11.1 Å². The quantitative estimate of drug-likeness (QED) is 0.502. The van der Waals surface area contributed by atoms with Crippen LogP contribution in [0.4, 0.5) is 17.5 Å². The van der Waals surface area contributed by atoms with Gasteiger partial charge in [0.2, 0.25) is 12.3 Å². The second-order valence-corrected chi connectivity index (χ2v) is 8.04. The summed E-state index contributed by atoms with van der Waals surface area (Å²) in [5, 5.41) is 11.0. The van der Waals surface area contributed by atoms with Crippen molar-refractivity contribution in [2.24, 2.45) is 4.99 Å². The highest BCUT2D eigenvalue weighted by atomic mass is 16.5. The van der Waals surface area contributed by atoms with Gasteiger partial charge in [0, 0.05) is 22.9 Å². The summed E-state index contributed by atoms with van der Waals surface area (Å²) in [6.07, 6.45) is 5.77. The summed E-state index contributed by atoms with van der Waals surface area (Å²) in [5.41, 5.74) is 16.6. The number of aromatic nitrogens is 2. The number of hydrogen-bond acceptors (Lipinski definition) is 8. The minimum absolute atomic E-state index is 0.0938. The molecule has 0 saturated heterocycles. The second kappa shape index (κ2) is 9.18. The Kier molecular flexibility index (Phi) is 6.16. The number of benzene rings is 2. The maximum Gasteiger partial charge on any atom is 0.226 e. The van der Waals surface area contributed by atoms with Gasteiger partial charge in [0.25, 0.3) is 0 Å². The van der Waals surface area contributed by atoms with Gasteiger partial charge in [-0.2, -0.15) is 4.98 Å². The molecule has 4 rings (SSSR count). The first-order valence-electron chi connectivity index (χ1n) is 10.6. The van der Waals surface area contributed by atoms with Gasteiger partial charge in [0.05, 0.1) is 17.9 Å². The highest BCUT2D eigenvalue weighted by molar-refractivity contribution is 6.17. The molecule has 0 spiro atoms. The van der Waals surface area contributed by atoms with Crippen LogP contribution in [-0.2, 0) is 6.54 Å². The van der Waals surface area contributed by atoms with Gasteiger partial charge < -0.3 is 26.2 Å². The lowest BCUT2D eigenvalue weighted by Gasteiger charge is -2.34. The lowest BCUT2D eigenvalue weighted by Crippen LogP contribution is -2.39. The number of nitrogen functional groups attached to an aromatic ring is 2. The predicted molar refractivity (Wildman–Crippen MR) is 130 cm³/mol. The molecule has 2 heterocycles. The number of rotatable bonds is 6. The van der Waals surface area contributed by atoms with Crippen LogP contribution in [0.1, 0.15) is 42.0 Å². The van der Waals surface area contributed by atoms with Crippen molar-refractivity contribution in [1.82, 2.24) is 9.97 Å². The van der Waals surface area contributed by atoms with Gasteiger partial charge in [0.1, 0.15) is 18.2 Å². The number of fused-ring (bicyclic) bond motifs is 1. The summed E-state index contributed by atoms with van der Waals surface area (Å²) >= 11 is 0. The van der Waals surface area contributed by atoms with E-state index in [4.69, 9.17) is 22.6 Å². The number of aliphatic imine (C=N–C) groups is 1. The van der Waals surface area contributed by atoms with Crippen LogP contribution < -0.4 is 21.1 Å². The lowest BCUT2D eigenvalue weighted by molar-refractivity contribution is 0.175. The number of nitrogens with zero attached hydrogens (tertiary/aromatic N) is 4. The normalized spacial score (nSPS) is 15.1. The van der Waals surface area contributed by atoms with E-state index in [1.807, 2.05) is 30.3 Å². The first-order chi connectivity index (χ1) is 15.9. The molecule has 0 bridgehead atoms. The molecule has 1 aliphatic rings. The molecule has 168 valence electrons. The third kappa shape index (κ3) is 4.59. The molecular weight excluding hydrogens is 416 g/mol. The number of nitrogens with two attached hydrogens (primary N) is 2. The summed E-state index contributed by atoms with van der Waals surface area (Å²) in [6, 6.07) is 13.7. The number of aliphatic hydroxyl groups excluding tert-OH is 1. The topological polar surface area (TPSA) is 123 Å². The summed E-state index contributed by atoms with van der Waals surface area (Å²) in [5.74, 6) is 3.85. The fourth-order valence-corrected chi connectivity index (χ4v) is 3.71. The van der Waals surface area contributed by atoms with Crippen LogP contribution in [0, 0.1) is 12.3 Å². The molecule has 1 atom stereocenters. The third-order valence-electron chi connectivity index (χ3n) is 5.49. The zero-order chi connectivity index (χ0) is 23.5. The van der Waals surface area contributed by atoms with Crippen LogP contribution in [-0.4, -0.2) is 33.7 Å². The van der Waals surface area contributed by atoms with Crippen LogP contribution in [0.2, 0.25) is 0 Å². The van der Waals surface area contributed by atoms with Crippen molar-refractivity contribution in [2.75, 3.05) is 23.0 Å². The zero-order valence-corrected chi connectivity index (χ0v) is 18.6. The van der Waals surface area contributed by atoms with E-state index in [0.717, 1.165) is 16.8 Å². The number of anilines is 3. The highest BCUT2D eigenvalue weighted by Crippen LogP contribution is 2.35. The van der Waals surface area contributed by atoms with Gasteiger partial charge in [-0.25, -0.2) is 9.98 Å². The smallest absolute Gasteiger partial charge is 0.226 e. The first kappa shape index (κ1) is 22.1. The SMILES string of the molecule is C#CCOc1ccc2c(c1)C(c1ccc(C(C)C)cc1)=NC(O)N2Cc1cnc(N)nc1N. The molecule has 1 aromatic heterocycles. The molecule has 0 fully saturated rings. The molecule has 0 aliphatic carbocycles. The van der Waals surface area contributed by atoms with Crippen molar-refractivity contribution in [1.29, 1.82) is 0 Å². The second-order valence-electron chi connectivity index (χ2n) is 8.04. The Morgan fingerprint density at radius 3 is 2.61 bits per heavy atom. The molecule has 3 aromatic rings. The fraction of sp³-hybridized carbons (Fsp3) is 0.240. The maximum atomic E-state index is 11.0. The molecule has 5 N–H and O–H groups in total. The number of hydrogen-bond donors (Lipinski definition) is 3. The van der Waals surface area contributed by atoms with Crippen LogP contribution in [0.5, 0.6) is 5.75 Å². The Morgan fingerprint density at radius 1 is 1.18 bits per heavy atom. The van der Waals surface area contributed by atoms with Crippen LogP contribution in [0.25, 0.3) is 0 Å². The van der Waals surface area contributed by atoms with Crippen LogP contribution in [0.15, 0.2) is 53.7 Å². The van der Waals surface area contributed by atoms with E-state index in [1.165, 1.54) is 5.56 Å². The monoisotopic (exact) mass is 442 g/mol. The van der Waals surface area contributed by atoms with E-state index < -0.39 is 6.35 Å². The van der Waals surface area contributed by atoms with E-state index in [0.29, 0.717) is 22.9 Å². The van der Waals surface area contributed by atoms with Gasteiger partial charge in [-0.3, -0.25) is 0 Å². The molecule has 8 nitrogen and oxygen atoms in total. The molecular formula is C25H26N6O2. The summed E-state index contributed by atoms with van der Waals surface area (Å²) in [4.78, 5) is 14.4. The average Bonchev–Trinajstić information content (AvgIpc) is 2.80. The molecule has 8 heteroatoms. The summed E-state index contributed by atoms with van der Waals surface area (Å²) in [6.45, 7) is 4.69. The van der Waals surface area contributed by atoms with Gasteiger partial charge in [-0.15, -0.1) is 6.42 Å². The van der Waals surface area contributed by atoms with Crippen molar-refractivity contribution in [3.05, 3.63) is 70.9 Å². The van der Waals surface area contributed by atoms with E-state index in [-0.39, 0.29) is 24.9 Å². The first-order valence-corrected chi connectivity index (χ1v) is 10.6. The van der Waals surface area contributed by atoms with Gasteiger partial charge in [-0.1, -0.05) is 44.0 Å². The van der Waals surface area contributed by atoms with Crippen molar-refractivity contribution in [2.45, 2.75) is 32.7 Å². The molecule has 0 radical (unpaired) electrons. The van der Waals surface area contributed by atoms with Crippen molar-refractivity contribution in [3.8, 4) is 18.1 Å². The van der Waals surface area contributed by atoms with Crippen molar-refractivity contribution >= 4 is 23.2 Å². The van der Waals surface area contributed by atoms with Crippen LogP contribution in [0.3, 0.4) is 0 Å².